The van der Waals surface area contributed by atoms with Gasteiger partial charge in [-0.2, -0.15) is 0 Å². The smallest absolute Gasteiger partial charge is 0.335 e. The first kappa shape index (κ1) is 21.7. The zero-order valence-corrected chi connectivity index (χ0v) is 18.0. The minimum absolute atomic E-state index is 0.171. The summed E-state index contributed by atoms with van der Waals surface area (Å²) in [5.74, 6) is -0.179. The van der Waals surface area contributed by atoms with Gasteiger partial charge in [-0.1, -0.05) is 35.9 Å². The summed E-state index contributed by atoms with van der Waals surface area (Å²) in [5, 5.41) is 9.20. The van der Waals surface area contributed by atoms with Gasteiger partial charge in [0, 0.05) is 6.54 Å². The number of benzene rings is 2. The number of aromatic carboxylic acids is 1. The van der Waals surface area contributed by atoms with Gasteiger partial charge in [0.25, 0.3) is 5.56 Å². The van der Waals surface area contributed by atoms with Crippen LogP contribution < -0.4 is 10.3 Å². The highest BCUT2D eigenvalue weighted by Gasteiger charge is 2.13. The fourth-order valence-corrected chi connectivity index (χ4v) is 3.57. The van der Waals surface area contributed by atoms with E-state index in [1.807, 2.05) is 39.0 Å². The zero-order chi connectivity index (χ0) is 21.8. The molecule has 1 heterocycles. The van der Waals surface area contributed by atoms with Gasteiger partial charge in [-0.3, -0.25) is 4.79 Å². The van der Waals surface area contributed by atoms with E-state index >= 15 is 0 Å². The molecule has 30 heavy (non-hydrogen) atoms. The molecule has 6 heteroatoms. The van der Waals surface area contributed by atoms with Gasteiger partial charge in [0.1, 0.15) is 17.4 Å². The number of carboxylic acids is 1. The van der Waals surface area contributed by atoms with Crippen molar-refractivity contribution in [2.45, 2.75) is 40.3 Å². The second kappa shape index (κ2) is 9.18. The van der Waals surface area contributed by atoms with Gasteiger partial charge < -0.3 is 14.4 Å². The number of carbonyl (C=O) groups is 1. The largest absolute Gasteiger partial charge is 0.487 e. The van der Waals surface area contributed by atoms with Gasteiger partial charge in [-0.25, -0.2) is 4.79 Å². The summed E-state index contributed by atoms with van der Waals surface area (Å²) in [7, 11) is 0. The fourth-order valence-electron chi connectivity index (χ4n) is 3.31. The number of nitrogens with zero attached hydrogens (tertiary/aromatic N) is 1. The lowest BCUT2D eigenvalue weighted by Gasteiger charge is -2.18. The number of aromatic nitrogens is 1. The van der Waals surface area contributed by atoms with Crippen LogP contribution in [0.15, 0.2) is 53.3 Å². The highest BCUT2D eigenvalue weighted by Crippen LogP contribution is 2.23. The van der Waals surface area contributed by atoms with Crippen LogP contribution in [0.4, 0.5) is 0 Å². The van der Waals surface area contributed by atoms with Crippen molar-refractivity contribution < 1.29 is 14.6 Å². The predicted octanol–water partition coefficient (Wildman–Crippen LogP) is 4.95. The Hall–Kier alpha value is -3.05. The topological polar surface area (TPSA) is 68.5 Å². The Balaban J connectivity index is 1.85. The van der Waals surface area contributed by atoms with E-state index in [0.717, 1.165) is 33.7 Å². The second-order valence-corrected chi connectivity index (χ2v) is 7.72. The van der Waals surface area contributed by atoms with Crippen LogP contribution in [0.5, 0.6) is 5.75 Å². The average molecular weight is 426 g/mol. The standard InChI is InChI=1S/C24H24ClNO4/c1-15-5-4-6-22(17(15)3)30-14-21-16(2)13-20(25)23(27)26(21)12-11-18-7-9-19(10-8-18)24(28)29/h4-10,13H,11-12,14H2,1-3H3,(H,28,29). The number of carboxylic acid groups (broad SMARTS) is 1. The minimum Gasteiger partial charge on any atom is -0.487 e. The molecule has 0 amide bonds. The fraction of sp³-hybridized carbons (Fsp3) is 0.250. The third-order valence-corrected chi connectivity index (χ3v) is 5.59. The van der Waals surface area contributed by atoms with Crippen molar-refractivity contribution in [1.82, 2.24) is 4.57 Å². The molecule has 0 saturated carbocycles. The summed E-state index contributed by atoms with van der Waals surface area (Å²) >= 11 is 6.15. The van der Waals surface area contributed by atoms with Crippen LogP contribution in [0.1, 0.15) is 38.3 Å². The molecule has 0 spiro atoms. The van der Waals surface area contributed by atoms with E-state index in [4.69, 9.17) is 21.4 Å². The van der Waals surface area contributed by atoms with Crippen LogP contribution in [0.2, 0.25) is 5.02 Å². The molecule has 0 radical (unpaired) electrons. The first-order valence-corrected chi connectivity index (χ1v) is 10.1. The van der Waals surface area contributed by atoms with E-state index in [2.05, 4.69) is 0 Å². The molecule has 0 saturated heterocycles. The number of rotatable bonds is 7. The second-order valence-electron chi connectivity index (χ2n) is 7.32. The summed E-state index contributed by atoms with van der Waals surface area (Å²) in [4.78, 5) is 23.8. The number of pyridine rings is 1. The minimum atomic E-state index is -0.964. The molecule has 0 bridgehead atoms. The van der Waals surface area contributed by atoms with Crippen molar-refractivity contribution in [1.29, 1.82) is 0 Å². The Kier molecular flexibility index (Phi) is 6.63. The van der Waals surface area contributed by atoms with Crippen molar-refractivity contribution in [3.8, 4) is 5.75 Å². The molecule has 1 N–H and O–H groups in total. The van der Waals surface area contributed by atoms with E-state index in [-0.39, 0.29) is 22.8 Å². The van der Waals surface area contributed by atoms with Crippen LogP contribution in [-0.2, 0) is 19.6 Å². The molecule has 0 unspecified atom stereocenters. The number of aryl methyl sites for hydroxylation is 3. The average Bonchev–Trinajstić information content (AvgIpc) is 2.72. The van der Waals surface area contributed by atoms with Crippen molar-refractivity contribution >= 4 is 17.6 Å². The first-order valence-electron chi connectivity index (χ1n) is 9.68. The maximum absolute atomic E-state index is 12.7. The Labute approximate surface area is 180 Å². The monoisotopic (exact) mass is 425 g/mol. The molecule has 0 aliphatic heterocycles. The summed E-state index contributed by atoms with van der Waals surface area (Å²) < 4.78 is 7.69. The number of ether oxygens (including phenoxy) is 1. The maximum atomic E-state index is 12.7. The van der Waals surface area contributed by atoms with Gasteiger partial charge in [-0.15, -0.1) is 0 Å². The van der Waals surface area contributed by atoms with Crippen molar-refractivity contribution in [2.24, 2.45) is 0 Å². The Morgan fingerprint density at radius 1 is 1.07 bits per heavy atom. The summed E-state index contributed by atoms with van der Waals surface area (Å²) in [6, 6.07) is 14.2. The van der Waals surface area contributed by atoms with Gasteiger partial charge in [0.05, 0.1) is 11.3 Å². The van der Waals surface area contributed by atoms with Gasteiger partial charge in [0.15, 0.2) is 0 Å². The van der Waals surface area contributed by atoms with Crippen LogP contribution in [0, 0.1) is 20.8 Å². The van der Waals surface area contributed by atoms with Crippen LogP contribution in [0.3, 0.4) is 0 Å². The molecule has 0 atom stereocenters. The summed E-state index contributed by atoms with van der Waals surface area (Å²) in [6.45, 7) is 6.61. The summed E-state index contributed by atoms with van der Waals surface area (Å²) in [6.07, 6.45) is 0.566. The molecule has 3 aromatic rings. The van der Waals surface area contributed by atoms with Crippen LogP contribution in [0.25, 0.3) is 0 Å². The van der Waals surface area contributed by atoms with Crippen molar-refractivity contribution in [2.75, 3.05) is 0 Å². The van der Waals surface area contributed by atoms with Crippen molar-refractivity contribution in [3.63, 3.8) is 0 Å². The quantitative estimate of drug-likeness (QED) is 0.581. The normalized spacial score (nSPS) is 10.8. The van der Waals surface area contributed by atoms with Gasteiger partial charge in [0.2, 0.25) is 0 Å². The molecule has 1 aromatic heterocycles. The lowest BCUT2D eigenvalue weighted by molar-refractivity contribution is 0.0697. The molecular formula is C24H24ClNO4. The lowest BCUT2D eigenvalue weighted by Crippen LogP contribution is -2.27. The number of hydrogen-bond donors (Lipinski definition) is 1. The van der Waals surface area contributed by atoms with Crippen molar-refractivity contribution in [3.05, 3.63) is 97.4 Å². The van der Waals surface area contributed by atoms with Crippen LogP contribution >= 0.6 is 11.6 Å². The molecular weight excluding hydrogens is 402 g/mol. The van der Waals surface area contributed by atoms with E-state index in [9.17, 15) is 9.59 Å². The SMILES string of the molecule is Cc1cccc(OCc2c(C)cc(Cl)c(=O)n2CCc2ccc(C(=O)O)cc2)c1C. The van der Waals surface area contributed by atoms with E-state index in [1.54, 1.807) is 34.9 Å². The molecule has 156 valence electrons. The molecule has 2 aromatic carbocycles. The lowest BCUT2D eigenvalue weighted by atomic mass is 10.1. The third kappa shape index (κ3) is 4.74. The highest BCUT2D eigenvalue weighted by atomic mass is 35.5. The predicted molar refractivity (Wildman–Crippen MR) is 118 cm³/mol. The highest BCUT2D eigenvalue weighted by molar-refractivity contribution is 6.30. The Morgan fingerprint density at radius 3 is 2.43 bits per heavy atom. The first-order chi connectivity index (χ1) is 14.3. The molecule has 0 fully saturated rings. The number of halogens is 1. The molecule has 5 nitrogen and oxygen atoms in total. The zero-order valence-electron chi connectivity index (χ0n) is 17.2. The van der Waals surface area contributed by atoms with Crippen LogP contribution in [-0.4, -0.2) is 15.6 Å². The third-order valence-electron chi connectivity index (χ3n) is 5.32. The maximum Gasteiger partial charge on any atom is 0.335 e. The number of hydrogen-bond acceptors (Lipinski definition) is 3. The van der Waals surface area contributed by atoms with E-state index < -0.39 is 5.97 Å². The van der Waals surface area contributed by atoms with Gasteiger partial charge in [-0.05, 0) is 73.7 Å². The van der Waals surface area contributed by atoms with E-state index in [0.29, 0.717) is 13.0 Å². The Morgan fingerprint density at radius 2 is 1.77 bits per heavy atom. The molecule has 3 rings (SSSR count). The molecule has 0 aliphatic carbocycles. The summed E-state index contributed by atoms with van der Waals surface area (Å²) in [5.41, 5.74) is 4.77. The van der Waals surface area contributed by atoms with Gasteiger partial charge >= 0.3 is 5.97 Å². The molecule has 0 aliphatic rings. The Bertz CT molecular complexity index is 1130. The van der Waals surface area contributed by atoms with E-state index in [1.165, 1.54) is 0 Å².